The predicted octanol–water partition coefficient (Wildman–Crippen LogP) is 1.71. The third-order valence-electron chi connectivity index (χ3n) is 3.91. The summed E-state index contributed by atoms with van der Waals surface area (Å²) < 4.78 is 0. The summed E-state index contributed by atoms with van der Waals surface area (Å²) in [6, 6.07) is 11.3. The minimum Gasteiger partial charge on any atom is -0.397 e. The van der Waals surface area contributed by atoms with Crippen LogP contribution >= 0.6 is 0 Å². The third kappa shape index (κ3) is 3.60. The van der Waals surface area contributed by atoms with Crippen molar-refractivity contribution in [3.63, 3.8) is 0 Å². The maximum absolute atomic E-state index is 12.3. The molecule has 0 bridgehead atoms. The molecule has 0 radical (unpaired) electrons. The molecule has 1 amide bonds. The minimum absolute atomic E-state index is 0.212. The van der Waals surface area contributed by atoms with E-state index >= 15 is 0 Å². The number of nitrogens with one attached hydrogen (secondary N) is 2. The van der Waals surface area contributed by atoms with Crippen LogP contribution in [0, 0.1) is 0 Å². The largest absolute Gasteiger partial charge is 0.397 e. The molecule has 0 spiro atoms. The van der Waals surface area contributed by atoms with Crippen molar-refractivity contribution < 1.29 is 4.79 Å². The van der Waals surface area contributed by atoms with Crippen molar-refractivity contribution in [1.82, 2.24) is 10.3 Å². The zero-order valence-electron chi connectivity index (χ0n) is 13.1. The monoisotopic (exact) mass is 311 g/mol. The molecule has 1 fully saturated rings. The van der Waals surface area contributed by atoms with Crippen molar-refractivity contribution in [3.05, 3.63) is 48.2 Å². The molecule has 0 aliphatic carbocycles. The Hall–Kier alpha value is -2.60. The Labute approximate surface area is 135 Å². The van der Waals surface area contributed by atoms with Crippen LogP contribution in [0.4, 0.5) is 17.2 Å². The molecule has 6 nitrogen and oxygen atoms in total. The summed E-state index contributed by atoms with van der Waals surface area (Å²) in [7, 11) is 0. The number of hydrogen-bond donors (Lipinski definition) is 3. The second-order valence-electron chi connectivity index (χ2n) is 5.75. The van der Waals surface area contributed by atoms with Gasteiger partial charge in [0.15, 0.2) is 0 Å². The fourth-order valence-electron chi connectivity index (χ4n) is 2.65. The first-order valence-corrected chi connectivity index (χ1v) is 7.74. The number of piperazine rings is 1. The number of nitrogens with zero attached hydrogens (tertiary/aromatic N) is 2. The summed E-state index contributed by atoms with van der Waals surface area (Å²) >= 11 is 0. The van der Waals surface area contributed by atoms with E-state index in [-0.39, 0.29) is 5.91 Å². The van der Waals surface area contributed by atoms with E-state index in [2.05, 4.69) is 27.4 Å². The zero-order valence-corrected chi connectivity index (χ0v) is 13.1. The fraction of sp³-hybridized carbons (Fsp3) is 0.294. The topological polar surface area (TPSA) is 83.3 Å². The van der Waals surface area contributed by atoms with E-state index in [9.17, 15) is 4.79 Å². The molecule has 1 saturated heterocycles. The molecule has 1 atom stereocenters. The smallest absolute Gasteiger partial charge is 0.257 e. The number of anilines is 3. The highest BCUT2D eigenvalue weighted by atomic mass is 16.1. The normalized spacial score (nSPS) is 17.8. The van der Waals surface area contributed by atoms with Crippen molar-refractivity contribution in [2.24, 2.45) is 0 Å². The summed E-state index contributed by atoms with van der Waals surface area (Å²) in [6.45, 7) is 4.93. The highest BCUT2D eigenvalue weighted by Crippen LogP contribution is 2.18. The molecule has 120 valence electrons. The Balaban J connectivity index is 1.69. The van der Waals surface area contributed by atoms with Crippen LogP contribution < -0.4 is 21.3 Å². The molecule has 3 rings (SSSR count). The van der Waals surface area contributed by atoms with Gasteiger partial charge in [-0.1, -0.05) is 12.1 Å². The number of nitrogen functional groups attached to an aromatic ring is 1. The molecule has 0 saturated carbocycles. The van der Waals surface area contributed by atoms with Crippen LogP contribution in [0.2, 0.25) is 0 Å². The number of aromatic nitrogens is 1. The predicted molar refractivity (Wildman–Crippen MR) is 92.7 cm³/mol. The lowest BCUT2D eigenvalue weighted by atomic mass is 10.2. The molecule has 0 unspecified atom stereocenters. The van der Waals surface area contributed by atoms with Gasteiger partial charge in [-0.2, -0.15) is 0 Å². The van der Waals surface area contributed by atoms with Crippen LogP contribution in [0.1, 0.15) is 17.3 Å². The first-order valence-electron chi connectivity index (χ1n) is 7.74. The number of rotatable bonds is 3. The van der Waals surface area contributed by atoms with Crippen molar-refractivity contribution in [2.75, 3.05) is 35.6 Å². The first kappa shape index (κ1) is 15.3. The average molecular weight is 311 g/mol. The van der Waals surface area contributed by atoms with Gasteiger partial charge in [0.1, 0.15) is 5.82 Å². The summed E-state index contributed by atoms with van der Waals surface area (Å²) in [6.07, 6.45) is 1.61. The van der Waals surface area contributed by atoms with Gasteiger partial charge >= 0.3 is 0 Å². The number of amides is 1. The summed E-state index contributed by atoms with van der Waals surface area (Å²) in [5.74, 6) is 0.685. The Morgan fingerprint density at radius 2 is 2.17 bits per heavy atom. The lowest BCUT2D eigenvalue weighted by Gasteiger charge is -2.32. The van der Waals surface area contributed by atoms with E-state index in [1.165, 1.54) is 0 Å². The van der Waals surface area contributed by atoms with Gasteiger partial charge in [0, 0.05) is 31.9 Å². The van der Waals surface area contributed by atoms with Crippen LogP contribution in [-0.2, 0) is 0 Å². The molecule has 1 aliphatic heterocycles. The van der Waals surface area contributed by atoms with E-state index < -0.39 is 0 Å². The van der Waals surface area contributed by atoms with E-state index in [4.69, 9.17) is 5.73 Å². The molecule has 1 aromatic carbocycles. The van der Waals surface area contributed by atoms with Crippen molar-refractivity contribution in [1.29, 1.82) is 0 Å². The average Bonchev–Trinajstić information content (AvgIpc) is 2.57. The number of nitrogens with two attached hydrogens (primary N) is 1. The number of carbonyl (C=O) groups excluding carboxylic acids is 1. The molecule has 4 N–H and O–H groups in total. The molecule has 1 aromatic heterocycles. The summed E-state index contributed by atoms with van der Waals surface area (Å²) in [5, 5.41) is 6.20. The molecule has 6 heteroatoms. The minimum atomic E-state index is -0.212. The Kier molecular flexibility index (Phi) is 4.43. The van der Waals surface area contributed by atoms with Crippen LogP contribution in [0.25, 0.3) is 0 Å². The lowest BCUT2D eigenvalue weighted by molar-refractivity contribution is 0.102. The van der Waals surface area contributed by atoms with Crippen LogP contribution in [0.15, 0.2) is 42.6 Å². The van der Waals surface area contributed by atoms with Gasteiger partial charge in [-0.3, -0.25) is 4.79 Å². The SMILES string of the molecule is C[C@H]1CN(c2ccc(C(=O)Nc3ccccc3N)cn2)CCN1. The standard InChI is InChI=1S/C17H21N5O/c1-12-11-22(9-8-19-12)16-7-6-13(10-20-16)17(23)21-15-5-3-2-4-14(15)18/h2-7,10,12,19H,8-9,11,18H2,1H3,(H,21,23)/t12-/m0/s1. The summed E-state index contributed by atoms with van der Waals surface area (Å²) in [4.78, 5) is 18.9. The number of carbonyl (C=O) groups is 1. The van der Waals surface area contributed by atoms with Crippen LogP contribution in [0.5, 0.6) is 0 Å². The van der Waals surface area contributed by atoms with E-state index in [0.717, 1.165) is 25.5 Å². The Morgan fingerprint density at radius 1 is 1.35 bits per heavy atom. The molecule has 2 heterocycles. The van der Waals surface area contributed by atoms with Gasteiger partial charge in [-0.05, 0) is 31.2 Å². The van der Waals surface area contributed by atoms with Gasteiger partial charge in [0.2, 0.25) is 0 Å². The Bertz CT molecular complexity index is 686. The van der Waals surface area contributed by atoms with E-state index in [1.54, 1.807) is 24.4 Å². The number of hydrogen-bond acceptors (Lipinski definition) is 5. The van der Waals surface area contributed by atoms with Crippen LogP contribution in [0.3, 0.4) is 0 Å². The fourth-order valence-corrected chi connectivity index (χ4v) is 2.65. The van der Waals surface area contributed by atoms with Gasteiger partial charge in [0.05, 0.1) is 16.9 Å². The maximum atomic E-state index is 12.3. The molecular weight excluding hydrogens is 290 g/mol. The molecule has 23 heavy (non-hydrogen) atoms. The highest BCUT2D eigenvalue weighted by Gasteiger charge is 2.17. The van der Waals surface area contributed by atoms with E-state index in [0.29, 0.717) is 23.0 Å². The number of para-hydroxylation sites is 2. The Morgan fingerprint density at radius 3 is 2.87 bits per heavy atom. The van der Waals surface area contributed by atoms with Crippen molar-refractivity contribution >= 4 is 23.1 Å². The quantitative estimate of drug-likeness (QED) is 0.752. The van der Waals surface area contributed by atoms with Crippen molar-refractivity contribution in [3.8, 4) is 0 Å². The zero-order chi connectivity index (χ0) is 16.2. The highest BCUT2D eigenvalue weighted by molar-refractivity contribution is 6.05. The second kappa shape index (κ2) is 6.66. The van der Waals surface area contributed by atoms with E-state index in [1.807, 2.05) is 18.2 Å². The molecular formula is C17H21N5O. The molecule has 2 aromatic rings. The van der Waals surface area contributed by atoms with Gasteiger partial charge in [-0.25, -0.2) is 4.98 Å². The van der Waals surface area contributed by atoms with Gasteiger partial charge in [-0.15, -0.1) is 0 Å². The van der Waals surface area contributed by atoms with Gasteiger partial charge in [0.25, 0.3) is 5.91 Å². The number of pyridine rings is 1. The second-order valence-corrected chi connectivity index (χ2v) is 5.75. The van der Waals surface area contributed by atoms with Crippen LogP contribution in [-0.4, -0.2) is 36.6 Å². The first-order chi connectivity index (χ1) is 11.1. The number of benzene rings is 1. The van der Waals surface area contributed by atoms with Gasteiger partial charge < -0.3 is 21.3 Å². The summed E-state index contributed by atoms with van der Waals surface area (Å²) in [5.41, 5.74) is 7.50. The third-order valence-corrected chi connectivity index (χ3v) is 3.91. The van der Waals surface area contributed by atoms with Crippen molar-refractivity contribution in [2.45, 2.75) is 13.0 Å². The maximum Gasteiger partial charge on any atom is 0.257 e. The lowest BCUT2D eigenvalue weighted by Crippen LogP contribution is -2.49. The molecule has 1 aliphatic rings.